The summed E-state index contributed by atoms with van der Waals surface area (Å²) in [5.41, 5.74) is 0.133. The van der Waals surface area contributed by atoms with Crippen molar-refractivity contribution in [2.45, 2.75) is 44.6 Å². The van der Waals surface area contributed by atoms with Crippen molar-refractivity contribution < 1.29 is 18.3 Å². The average Bonchev–Trinajstić information content (AvgIpc) is 3.01. The third kappa shape index (κ3) is 4.61. The summed E-state index contributed by atoms with van der Waals surface area (Å²) < 4.78 is 21.8. The number of hydrogen-bond donors (Lipinski definition) is 0. The average molecular weight is 234 g/mol. The maximum atomic E-state index is 5.93. The van der Waals surface area contributed by atoms with E-state index in [0.717, 1.165) is 19.4 Å². The highest BCUT2D eigenvalue weighted by Gasteiger charge is 2.29. The maximum absolute atomic E-state index is 5.93. The molecule has 3 atom stereocenters. The van der Waals surface area contributed by atoms with Crippen LogP contribution in [0.2, 0.25) is 0 Å². The van der Waals surface area contributed by atoms with Crippen LogP contribution in [0.25, 0.3) is 0 Å². The summed E-state index contributed by atoms with van der Waals surface area (Å²) in [6.07, 6.45) is 2.56. The van der Waals surface area contributed by atoms with Gasteiger partial charge in [0.2, 0.25) is 0 Å². The second kappa shape index (κ2) is 6.60. The third-order valence-electron chi connectivity index (χ3n) is 2.57. The van der Waals surface area contributed by atoms with Crippen LogP contribution in [0.4, 0.5) is 0 Å². The zero-order valence-corrected chi connectivity index (χ0v) is 11.2. The number of rotatable bonds is 8. The first kappa shape index (κ1) is 13.1. The molecule has 0 radical (unpaired) electrons. The van der Waals surface area contributed by atoms with Gasteiger partial charge in [0.15, 0.2) is 0 Å². The van der Waals surface area contributed by atoms with E-state index in [1.54, 1.807) is 14.2 Å². The Balaban J connectivity index is 2.29. The molecule has 1 rings (SSSR count). The molecule has 4 nitrogen and oxygen atoms in total. The lowest BCUT2D eigenvalue weighted by Gasteiger charge is -2.25. The molecule has 0 N–H and O–H groups in total. The van der Waals surface area contributed by atoms with Gasteiger partial charge in [0.05, 0.1) is 24.5 Å². The molecule has 0 aromatic carbocycles. The molecule has 1 heterocycles. The molecule has 5 heteroatoms. The minimum absolute atomic E-state index is 0.133. The highest BCUT2D eigenvalue weighted by atomic mass is 28.3. The van der Waals surface area contributed by atoms with Crippen LogP contribution < -0.4 is 0 Å². The zero-order valence-electron chi connectivity index (χ0n) is 10.1. The number of ether oxygens (including phenoxy) is 2. The van der Waals surface area contributed by atoms with Gasteiger partial charge in [-0.15, -0.1) is 0 Å². The van der Waals surface area contributed by atoms with E-state index in [1.807, 2.05) is 0 Å². The molecular formula is C10H22O4Si. The van der Waals surface area contributed by atoms with E-state index in [-0.39, 0.29) is 11.8 Å². The van der Waals surface area contributed by atoms with E-state index >= 15 is 0 Å². The Morgan fingerprint density at radius 3 is 2.40 bits per heavy atom. The topological polar surface area (TPSA) is 40.2 Å². The first-order valence-electron chi connectivity index (χ1n) is 5.53. The van der Waals surface area contributed by atoms with Crippen molar-refractivity contribution in [1.29, 1.82) is 0 Å². The van der Waals surface area contributed by atoms with Crippen molar-refractivity contribution in [3.05, 3.63) is 0 Å². The van der Waals surface area contributed by atoms with Crippen molar-refractivity contribution >= 4 is 9.28 Å². The standard InChI is InChI=1S/C10H22O4Si/c1-5-10(15(11-3)12-4)14-8(2)6-9-7-13-9/h8-10,15H,5-7H2,1-4H3. The lowest BCUT2D eigenvalue weighted by atomic mass is 10.2. The second-order valence-corrected chi connectivity index (χ2v) is 6.35. The Bertz CT molecular complexity index is 171. The monoisotopic (exact) mass is 234 g/mol. The molecule has 0 amide bonds. The molecule has 0 saturated carbocycles. The van der Waals surface area contributed by atoms with Crippen molar-refractivity contribution in [3.8, 4) is 0 Å². The van der Waals surface area contributed by atoms with Gasteiger partial charge in [-0.25, -0.2) is 0 Å². The lowest BCUT2D eigenvalue weighted by Crippen LogP contribution is -2.39. The summed E-state index contributed by atoms with van der Waals surface area (Å²) in [4.78, 5) is 0. The summed E-state index contributed by atoms with van der Waals surface area (Å²) in [5, 5.41) is 0. The summed E-state index contributed by atoms with van der Waals surface area (Å²) in [6.45, 7) is 5.07. The van der Waals surface area contributed by atoms with Gasteiger partial charge in [-0.3, -0.25) is 0 Å². The molecule has 3 unspecified atom stereocenters. The smallest absolute Gasteiger partial charge is 0.350 e. The molecule has 1 aliphatic rings. The Morgan fingerprint density at radius 2 is 2.00 bits per heavy atom. The van der Waals surface area contributed by atoms with Crippen molar-refractivity contribution in [3.63, 3.8) is 0 Å². The van der Waals surface area contributed by atoms with Crippen LogP contribution in [-0.2, 0) is 18.3 Å². The van der Waals surface area contributed by atoms with E-state index in [2.05, 4.69) is 13.8 Å². The quantitative estimate of drug-likeness (QED) is 0.464. The fourth-order valence-electron chi connectivity index (χ4n) is 1.68. The van der Waals surface area contributed by atoms with E-state index < -0.39 is 9.28 Å². The van der Waals surface area contributed by atoms with Crippen molar-refractivity contribution in [2.75, 3.05) is 20.8 Å². The van der Waals surface area contributed by atoms with E-state index in [1.165, 1.54) is 0 Å². The van der Waals surface area contributed by atoms with Crippen LogP contribution >= 0.6 is 0 Å². The number of hydrogen-bond acceptors (Lipinski definition) is 4. The van der Waals surface area contributed by atoms with Crippen LogP contribution in [0.15, 0.2) is 0 Å². The molecular weight excluding hydrogens is 212 g/mol. The maximum Gasteiger partial charge on any atom is 0.350 e. The predicted molar refractivity (Wildman–Crippen MR) is 60.2 cm³/mol. The van der Waals surface area contributed by atoms with E-state index in [9.17, 15) is 0 Å². The van der Waals surface area contributed by atoms with Gasteiger partial charge in [-0.1, -0.05) is 6.92 Å². The van der Waals surface area contributed by atoms with Crippen LogP contribution in [0.5, 0.6) is 0 Å². The Labute approximate surface area is 93.7 Å². The van der Waals surface area contributed by atoms with E-state index in [4.69, 9.17) is 18.3 Å². The molecule has 0 aromatic rings. The number of epoxide rings is 1. The highest BCUT2D eigenvalue weighted by Crippen LogP contribution is 2.19. The van der Waals surface area contributed by atoms with Gasteiger partial charge in [-0.2, -0.15) is 0 Å². The fourth-order valence-corrected chi connectivity index (χ4v) is 3.26. The van der Waals surface area contributed by atoms with Gasteiger partial charge in [0, 0.05) is 20.6 Å². The SMILES string of the molecule is CCC(OC(C)CC1CO1)[SiH](OC)OC. The minimum atomic E-state index is -1.65. The molecule has 90 valence electrons. The fraction of sp³-hybridized carbons (Fsp3) is 1.00. The van der Waals surface area contributed by atoms with Crippen LogP contribution in [0.3, 0.4) is 0 Å². The summed E-state index contributed by atoms with van der Waals surface area (Å²) >= 11 is 0. The molecule has 0 aliphatic carbocycles. The van der Waals surface area contributed by atoms with Crippen LogP contribution in [0.1, 0.15) is 26.7 Å². The minimum Gasteiger partial charge on any atom is -0.398 e. The molecule has 0 spiro atoms. The van der Waals surface area contributed by atoms with Crippen molar-refractivity contribution in [1.82, 2.24) is 0 Å². The molecule has 0 aromatic heterocycles. The Hall–Kier alpha value is 0.0569. The summed E-state index contributed by atoms with van der Waals surface area (Å²) in [7, 11) is 1.74. The van der Waals surface area contributed by atoms with Crippen LogP contribution in [0, 0.1) is 0 Å². The Kier molecular flexibility index (Phi) is 5.77. The van der Waals surface area contributed by atoms with Gasteiger partial charge in [0.1, 0.15) is 0 Å². The van der Waals surface area contributed by atoms with Gasteiger partial charge < -0.3 is 18.3 Å². The lowest BCUT2D eigenvalue weighted by molar-refractivity contribution is 0.00811. The first-order valence-corrected chi connectivity index (χ1v) is 7.14. The van der Waals surface area contributed by atoms with Gasteiger partial charge >= 0.3 is 9.28 Å². The van der Waals surface area contributed by atoms with Crippen molar-refractivity contribution in [2.24, 2.45) is 0 Å². The van der Waals surface area contributed by atoms with Gasteiger partial charge in [-0.05, 0) is 13.3 Å². The molecule has 15 heavy (non-hydrogen) atoms. The van der Waals surface area contributed by atoms with E-state index in [0.29, 0.717) is 6.10 Å². The molecule has 1 saturated heterocycles. The zero-order chi connectivity index (χ0) is 11.3. The largest absolute Gasteiger partial charge is 0.398 e. The molecule has 0 bridgehead atoms. The van der Waals surface area contributed by atoms with Gasteiger partial charge in [0.25, 0.3) is 0 Å². The normalized spacial score (nSPS) is 24.2. The summed E-state index contributed by atoms with van der Waals surface area (Å²) in [5.74, 6) is 0. The van der Waals surface area contributed by atoms with Crippen LogP contribution in [-0.4, -0.2) is 48.0 Å². The molecule has 1 aliphatic heterocycles. The first-order chi connectivity index (χ1) is 7.21. The molecule has 1 fully saturated rings. The predicted octanol–water partition coefficient (Wildman–Crippen LogP) is 1.01. The second-order valence-electron chi connectivity index (χ2n) is 3.92. The highest BCUT2D eigenvalue weighted by molar-refractivity contribution is 6.45. The Morgan fingerprint density at radius 1 is 1.40 bits per heavy atom. The third-order valence-corrected chi connectivity index (χ3v) is 4.74. The summed E-state index contributed by atoms with van der Waals surface area (Å²) in [6, 6.07) is 0.